The molecule has 0 atom stereocenters. The molecule has 0 saturated carbocycles. The molecule has 0 bridgehead atoms. The Labute approximate surface area is 127 Å². The third kappa shape index (κ3) is 2.93. The van der Waals surface area contributed by atoms with E-state index in [1.165, 1.54) is 0 Å². The lowest BCUT2D eigenvalue weighted by Crippen LogP contribution is -2.13. The fourth-order valence-corrected chi connectivity index (χ4v) is 2.12. The number of benzene rings is 2. The number of anilines is 2. The maximum Gasteiger partial charge on any atom is 0.250 e. The van der Waals surface area contributed by atoms with Gasteiger partial charge in [-0.25, -0.2) is 9.97 Å². The number of carbonyl (C=O) groups excluding carboxylic acids is 1. The molecule has 5 heteroatoms. The van der Waals surface area contributed by atoms with Crippen molar-refractivity contribution in [1.82, 2.24) is 9.97 Å². The normalized spacial score (nSPS) is 10.2. The predicted molar refractivity (Wildman–Crippen MR) is 85.7 cm³/mol. The van der Waals surface area contributed by atoms with Gasteiger partial charge in [-0.2, -0.15) is 0 Å². The van der Waals surface area contributed by atoms with E-state index in [9.17, 15) is 4.79 Å². The van der Waals surface area contributed by atoms with Crippen molar-refractivity contribution in [2.45, 2.75) is 0 Å². The number of aromatic nitrogens is 2. The molecule has 3 rings (SSSR count). The zero-order chi connectivity index (χ0) is 15.4. The van der Waals surface area contributed by atoms with E-state index < -0.39 is 5.91 Å². The SMILES string of the molecule is NC(=O)c1ccccc1Nc1nccc(-c2ccccc2)n1. The largest absolute Gasteiger partial charge is 0.366 e. The van der Waals surface area contributed by atoms with Crippen molar-refractivity contribution in [3.63, 3.8) is 0 Å². The van der Waals surface area contributed by atoms with E-state index in [-0.39, 0.29) is 0 Å². The Bertz CT molecular complexity index is 803. The first-order chi connectivity index (χ1) is 10.7. The van der Waals surface area contributed by atoms with Crippen LogP contribution in [0.25, 0.3) is 11.3 Å². The molecule has 22 heavy (non-hydrogen) atoms. The third-order valence-corrected chi connectivity index (χ3v) is 3.16. The second kappa shape index (κ2) is 6.05. The van der Waals surface area contributed by atoms with E-state index in [4.69, 9.17) is 5.73 Å². The smallest absolute Gasteiger partial charge is 0.250 e. The Morgan fingerprint density at radius 3 is 2.45 bits per heavy atom. The maximum absolute atomic E-state index is 11.4. The van der Waals surface area contributed by atoms with Gasteiger partial charge in [0.1, 0.15) is 0 Å². The van der Waals surface area contributed by atoms with Gasteiger partial charge in [0.25, 0.3) is 5.91 Å². The number of amides is 1. The fraction of sp³-hybridized carbons (Fsp3) is 0. The number of carbonyl (C=O) groups is 1. The molecule has 0 unspecified atom stereocenters. The first-order valence-corrected chi connectivity index (χ1v) is 6.78. The van der Waals surface area contributed by atoms with Gasteiger partial charge in [-0.05, 0) is 18.2 Å². The number of rotatable bonds is 4. The summed E-state index contributed by atoms with van der Waals surface area (Å²) in [4.78, 5) is 20.1. The van der Waals surface area contributed by atoms with Crippen LogP contribution in [0, 0.1) is 0 Å². The van der Waals surface area contributed by atoms with Crippen molar-refractivity contribution in [1.29, 1.82) is 0 Å². The van der Waals surface area contributed by atoms with Crippen LogP contribution < -0.4 is 11.1 Å². The predicted octanol–water partition coefficient (Wildman–Crippen LogP) is 2.99. The molecule has 0 fully saturated rings. The molecule has 5 nitrogen and oxygen atoms in total. The lowest BCUT2D eigenvalue weighted by Gasteiger charge is -2.09. The highest BCUT2D eigenvalue weighted by atomic mass is 16.1. The summed E-state index contributed by atoms with van der Waals surface area (Å²) in [6.45, 7) is 0. The number of nitrogens with one attached hydrogen (secondary N) is 1. The van der Waals surface area contributed by atoms with Gasteiger partial charge in [0.05, 0.1) is 16.9 Å². The minimum atomic E-state index is -0.498. The van der Waals surface area contributed by atoms with Crippen molar-refractivity contribution in [3.8, 4) is 11.3 Å². The van der Waals surface area contributed by atoms with Crippen molar-refractivity contribution < 1.29 is 4.79 Å². The van der Waals surface area contributed by atoms with Gasteiger partial charge >= 0.3 is 0 Å². The Morgan fingerprint density at radius 1 is 0.955 bits per heavy atom. The summed E-state index contributed by atoms with van der Waals surface area (Å²) in [5.74, 6) is -0.0858. The summed E-state index contributed by atoms with van der Waals surface area (Å²) < 4.78 is 0. The van der Waals surface area contributed by atoms with Gasteiger partial charge in [-0.15, -0.1) is 0 Å². The average Bonchev–Trinajstić information content (AvgIpc) is 2.56. The summed E-state index contributed by atoms with van der Waals surface area (Å²) in [7, 11) is 0. The molecule has 1 aromatic heterocycles. The summed E-state index contributed by atoms with van der Waals surface area (Å²) in [5.41, 5.74) is 8.15. The molecule has 0 aliphatic carbocycles. The van der Waals surface area contributed by atoms with E-state index in [1.54, 1.807) is 24.4 Å². The van der Waals surface area contributed by atoms with Crippen LogP contribution in [-0.2, 0) is 0 Å². The third-order valence-electron chi connectivity index (χ3n) is 3.16. The maximum atomic E-state index is 11.4. The van der Waals surface area contributed by atoms with Crippen molar-refractivity contribution in [2.75, 3.05) is 5.32 Å². The van der Waals surface area contributed by atoms with Gasteiger partial charge in [0.2, 0.25) is 5.95 Å². The van der Waals surface area contributed by atoms with Crippen LogP contribution in [0.5, 0.6) is 0 Å². The fourth-order valence-electron chi connectivity index (χ4n) is 2.12. The molecule has 0 saturated heterocycles. The number of hydrogen-bond acceptors (Lipinski definition) is 4. The van der Waals surface area contributed by atoms with Crippen LogP contribution in [0.1, 0.15) is 10.4 Å². The number of primary amides is 1. The molecular weight excluding hydrogens is 276 g/mol. The van der Waals surface area contributed by atoms with Crippen molar-refractivity contribution in [3.05, 3.63) is 72.4 Å². The highest BCUT2D eigenvalue weighted by Crippen LogP contribution is 2.21. The molecule has 108 valence electrons. The van der Waals surface area contributed by atoms with Gasteiger partial charge in [-0.1, -0.05) is 42.5 Å². The number of nitrogens with zero attached hydrogens (tertiary/aromatic N) is 2. The molecule has 3 aromatic rings. The van der Waals surface area contributed by atoms with E-state index in [1.807, 2.05) is 42.5 Å². The van der Waals surface area contributed by atoms with Crippen LogP contribution in [0.3, 0.4) is 0 Å². The minimum Gasteiger partial charge on any atom is -0.366 e. The Morgan fingerprint density at radius 2 is 1.68 bits per heavy atom. The number of para-hydroxylation sites is 1. The first-order valence-electron chi connectivity index (χ1n) is 6.78. The van der Waals surface area contributed by atoms with Gasteiger partial charge in [0.15, 0.2) is 0 Å². The van der Waals surface area contributed by atoms with E-state index in [2.05, 4.69) is 15.3 Å². The molecule has 1 amide bonds. The van der Waals surface area contributed by atoms with E-state index in [0.29, 0.717) is 17.2 Å². The zero-order valence-electron chi connectivity index (χ0n) is 11.7. The lowest BCUT2D eigenvalue weighted by molar-refractivity contribution is 0.100. The number of hydrogen-bond donors (Lipinski definition) is 2. The van der Waals surface area contributed by atoms with Crippen molar-refractivity contribution >= 4 is 17.5 Å². The van der Waals surface area contributed by atoms with Crippen LogP contribution in [0.15, 0.2) is 66.9 Å². The van der Waals surface area contributed by atoms with Gasteiger partial charge in [-0.3, -0.25) is 4.79 Å². The second-order valence-electron chi connectivity index (χ2n) is 4.67. The summed E-state index contributed by atoms with van der Waals surface area (Å²) >= 11 is 0. The molecule has 0 spiro atoms. The summed E-state index contributed by atoms with van der Waals surface area (Å²) in [6, 6.07) is 18.6. The van der Waals surface area contributed by atoms with Gasteiger partial charge < -0.3 is 11.1 Å². The first kappa shape index (κ1) is 13.8. The summed E-state index contributed by atoms with van der Waals surface area (Å²) in [6.07, 6.45) is 1.67. The van der Waals surface area contributed by atoms with Crippen LogP contribution in [0.4, 0.5) is 11.6 Å². The molecule has 1 heterocycles. The van der Waals surface area contributed by atoms with Crippen LogP contribution >= 0.6 is 0 Å². The molecule has 0 aliphatic rings. The quantitative estimate of drug-likeness (QED) is 0.774. The van der Waals surface area contributed by atoms with Gasteiger partial charge in [0, 0.05) is 11.8 Å². The second-order valence-corrected chi connectivity index (χ2v) is 4.67. The minimum absolute atomic E-state index is 0.399. The van der Waals surface area contributed by atoms with E-state index >= 15 is 0 Å². The molecular formula is C17H14N4O. The standard InChI is InChI=1S/C17H14N4O/c18-16(22)13-8-4-5-9-15(13)21-17-19-11-10-14(20-17)12-6-2-1-3-7-12/h1-11H,(H2,18,22)(H,19,20,21). The summed E-state index contributed by atoms with van der Waals surface area (Å²) in [5, 5.41) is 3.04. The molecule has 0 radical (unpaired) electrons. The highest BCUT2D eigenvalue weighted by Gasteiger charge is 2.09. The topological polar surface area (TPSA) is 80.9 Å². The van der Waals surface area contributed by atoms with Crippen LogP contribution in [0.2, 0.25) is 0 Å². The lowest BCUT2D eigenvalue weighted by atomic mass is 10.1. The average molecular weight is 290 g/mol. The van der Waals surface area contributed by atoms with Crippen LogP contribution in [-0.4, -0.2) is 15.9 Å². The monoisotopic (exact) mass is 290 g/mol. The molecule has 0 aliphatic heterocycles. The van der Waals surface area contributed by atoms with Crippen molar-refractivity contribution in [2.24, 2.45) is 5.73 Å². The Kier molecular flexibility index (Phi) is 3.78. The number of nitrogens with two attached hydrogens (primary N) is 1. The van der Waals surface area contributed by atoms with E-state index in [0.717, 1.165) is 11.3 Å². The highest BCUT2D eigenvalue weighted by molar-refractivity contribution is 5.98. The molecule has 2 aromatic carbocycles. The zero-order valence-corrected chi connectivity index (χ0v) is 11.7. The molecule has 3 N–H and O–H groups in total. The Hall–Kier alpha value is -3.21. The Balaban J connectivity index is 1.93.